The number of hydrogen-bond acceptors (Lipinski definition) is 5. The highest BCUT2D eigenvalue weighted by Crippen LogP contribution is 2.39. The zero-order chi connectivity index (χ0) is 20.7. The second-order valence-electron chi connectivity index (χ2n) is 8.41. The first-order valence-corrected chi connectivity index (χ1v) is 10.9. The first-order valence-electron chi connectivity index (χ1n) is 10.1. The highest BCUT2D eigenvalue weighted by Gasteiger charge is 2.44. The van der Waals surface area contributed by atoms with Crippen LogP contribution in [0.15, 0.2) is 47.5 Å². The molecule has 2 atom stereocenters. The fourth-order valence-electron chi connectivity index (χ4n) is 4.44. The van der Waals surface area contributed by atoms with Crippen LogP contribution in [0.4, 0.5) is 11.4 Å². The van der Waals surface area contributed by atoms with Crippen LogP contribution in [0.25, 0.3) is 5.57 Å². The maximum Gasteiger partial charge on any atom is 0.282 e. The first kappa shape index (κ1) is 19.7. The quantitative estimate of drug-likeness (QED) is 0.714. The average Bonchev–Trinajstić information content (AvgIpc) is 3.27. The lowest BCUT2D eigenvalue weighted by Crippen LogP contribution is -2.42. The van der Waals surface area contributed by atoms with Crippen molar-refractivity contribution in [3.05, 3.63) is 52.4 Å². The van der Waals surface area contributed by atoms with Crippen molar-refractivity contribution in [1.82, 2.24) is 4.90 Å². The summed E-state index contributed by atoms with van der Waals surface area (Å²) in [5, 5.41) is 1.95. The molecule has 0 radical (unpaired) electrons. The van der Waals surface area contributed by atoms with Gasteiger partial charge in [-0.15, -0.1) is 11.3 Å². The van der Waals surface area contributed by atoms with E-state index in [4.69, 9.17) is 0 Å². The summed E-state index contributed by atoms with van der Waals surface area (Å²) in [7, 11) is 3.90. The van der Waals surface area contributed by atoms with Gasteiger partial charge in [0.25, 0.3) is 11.8 Å². The number of amides is 2. The first-order chi connectivity index (χ1) is 13.9. The summed E-state index contributed by atoms with van der Waals surface area (Å²) in [5.74, 6) is 0.541. The van der Waals surface area contributed by atoms with E-state index in [1.165, 1.54) is 16.2 Å². The number of hydrogen-bond donors (Lipinski definition) is 0. The lowest BCUT2D eigenvalue weighted by atomic mass is 9.91. The van der Waals surface area contributed by atoms with Gasteiger partial charge in [0.1, 0.15) is 5.70 Å². The van der Waals surface area contributed by atoms with Crippen LogP contribution in [0.5, 0.6) is 0 Å². The fourth-order valence-corrected chi connectivity index (χ4v) is 5.21. The SMILES string of the molecule is CC1CC(C)CN(C2=C(c3cccs3)C(=O)N(c3cccc(N(C)C)c3)C2=O)C1. The molecule has 0 bridgehead atoms. The molecule has 2 aliphatic rings. The normalized spacial score (nSPS) is 22.6. The number of likely N-dealkylation sites (tertiary alicyclic amines) is 1. The molecule has 1 saturated heterocycles. The van der Waals surface area contributed by atoms with Crippen LogP contribution in [-0.2, 0) is 9.59 Å². The maximum atomic E-state index is 13.6. The smallest absolute Gasteiger partial charge is 0.282 e. The highest BCUT2D eigenvalue weighted by molar-refractivity contribution is 7.11. The molecule has 2 aromatic rings. The Labute approximate surface area is 176 Å². The van der Waals surface area contributed by atoms with E-state index in [2.05, 4.69) is 18.7 Å². The monoisotopic (exact) mass is 409 g/mol. The Kier molecular flexibility index (Phi) is 5.21. The Morgan fingerprint density at radius 1 is 1.00 bits per heavy atom. The summed E-state index contributed by atoms with van der Waals surface area (Å²) in [5.41, 5.74) is 2.68. The van der Waals surface area contributed by atoms with E-state index < -0.39 is 0 Å². The summed E-state index contributed by atoms with van der Waals surface area (Å²) in [6.45, 7) is 6.04. The van der Waals surface area contributed by atoms with Crippen LogP contribution >= 0.6 is 11.3 Å². The number of rotatable bonds is 4. The molecule has 1 aromatic heterocycles. The van der Waals surface area contributed by atoms with E-state index in [1.54, 1.807) is 0 Å². The summed E-state index contributed by atoms with van der Waals surface area (Å²) in [6.07, 6.45) is 1.15. The molecule has 29 heavy (non-hydrogen) atoms. The minimum atomic E-state index is -0.228. The van der Waals surface area contributed by atoms with Gasteiger partial charge in [-0.2, -0.15) is 0 Å². The Morgan fingerprint density at radius 3 is 2.34 bits per heavy atom. The summed E-state index contributed by atoms with van der Waals surface area (Å²) >= 11 is 1.51. The van der Waals surface area contributed by atoms with E-state index in [0.717, 1.165) is 30.1 Å². The largest absolute Gasteiger partial charge is 0.378 e. The summed E-state index contributed by atoms with van der Waals surface area (Å²) < 4.78 is 0. The van der Waals surface area contributed by atoms with Crippen molar-refractivity contribution in [1.29, 1.82) is 0 Å². The molecule has 1 aromatic carbocycles. The molecule has 2 aliphatic heterocycles. The number of anilines is 2. The van der Waals surface area contributed by atoms with Gasteiger partial charge in [0.2, 0.25) is 0 Å². The van der Waals surface area contributed by atoms with Gasteiger partial charge in [-0.1, -0.05) is 26.0 Å². The Bertz CT molecular complexity index is 954. The Balaban J connectivity index is 1.79. The molecule has 0 N–H and O–H groups in total. The number of nitrogens with zero attached hydrogens (tertiary/aromatic N) is 3. The molecule has 1 fully saturated rings. The molecule has 2 unspecified atom stereocenters. The topological polar surface area (TPSA) is 43.9 Å². The van der Waals surface area contributed by atoms with Crippen molar-refractivity contribution >= 4 is 40.1 Å². The van der Waals surface area contributed by atoms with Crippen LogP contribution in [0, 0.1) is 11.8 Å². The molecule has 5 nitrogen and oxygen atoms in total. The second-order valence-corrected chi connectivity index (χ2v) is 9.36. The van der Waals surface area contributed by atoms with Crippen LogP contribution in [0.2, 0.25) is 0 Å². The van der Waals surface area contributed by atoms with Crippen LogP contribution < -0.4 is 9.80 Å². The predicted molar refractivity (Wildman–Crippen MR) is 119 cm³/mol. The Morgan fingerprint density at radius 2 is 1.72 bits per heavy atom. The molecule has 2 amide bonds. The van der Waals surface area contributed by atoms with Crippen molar-refractivity contribution < 1.29 is 9.59 Å². The van der Waals surface area contributed by atoms with E-state index in [-0.39, 0.29) is 11.8 Å². The molecule has 6 heteroatoms. The molecule has 0 aliphatic carbocycles. The lowest BCUT2D eigenvalue weighted by molar-refractivity contribution is -0.120. The van der Waals surface area contributed by atoms with E-state index in [0.29, 0.717) is 28.8 Å². The molecular weight excluding hydrogens is 382 g/mol. The van der Waals surface area contributed by atoms with Crippen molar-refractivity contribution in [2.45, 2.75) is 20.3 Å². The zero-order valence-corrected chi connectivity index (χ0v) is 18.2. The molecule has 0 saturated carbocycles. The van der Waals surface area contributed by atoms with Gasteiger partial charge in [0.05, 0.1) is 11.3 Å². The van der Waals surface area contributed by atoms with Gasteiger partial charge in [0.15, 0.2) is 0 Å². The van der Waals surface area contributed by atoms with Gasteiger partial charge >= 0.3 is 0 Å². The molecular formula is C23H27N3O2S. The second kappa shape index (κ2) is 7.67. The molecule has 4 rings (SSSR count). The minimum Gasteiger partial charge on any atom is -0.378 e. The van der Waals surface area contributed by atoms with E-state index >= 15 is 0 Å². The third-order valence-corrected chi connectivity index (χ3v) is 6.50. The van der Waals surface area contributed by atoms with Gasteiger partial charge in [-0.3, -0.25) is 9.59 Å². The van der Waals surface area contributed by atoms with E-state index in [1.807, 2.05) is 60.8 Å². The Hall–Kier alpha value is -2.60. The third kappa shape index (κ3) is 3.57. The van der Waals surface area contributed by atoms with Crippen LogP contribution in [0.1, 0.15) is 25.1 Å². The van der Waals surface area contributed by atoms with Gasteiger partial charge < -0.3 is 9.80 Å². The summed E-state index contributed by atoms with van der Waals surface area (Å²) in [6, 6.07) is 11.4. The van der Waals surface area contributed by atoms with Gasteiger partial charge in [-0.25, -0.2) is 4.90 Å². The van der Waals surface area contributed by atoms with Crippen molar-refractivity contribution in [2.75, 3.05) is 37.0 Å². The fraction of sp³-hybridized carbons (Fsp3) is 0.391. The third-order valence-electron chi connectivity index (χ3n) is 5.62. The van der Waals surface area contributed by atoms with Crippen LogP contribution in [0.3, 0.4) is 0 Å². The lowest BCUT2D eigenvalue weighted by Gasteiger charge is -2.37. The van der Waals surface area contributed by atoms with E-state index in [9.17, 15) is 9.59 Å². The number of thiophene rings is 1. The predicted octanol–water partition coefficient (Wildman–Crippen LogP) is 4.08. The molecule has 3 heterocycles. The molecule has 0 spiro atoms. The van der Waals surface area contributed by atoms with Gasteiger partial charge in [-0.05, 0) is 47.9 Å². The highest BCUT2D eigenvalue weighted by atomic mass is 32.1. The van der Waals surface area contributed by atoms with Crippen molar-refractivity contribution in [2.24, 2.45) is 11.8 Å². The number of imide groups is 1. The minimum absolute atomic E-state index is 0.212. The number of carbonyl (C=O) groups excluding carboxylic acids is 2. The number of piperidine rings is 1. The zero-order valence-electron chi connectivity index (χ0n) is 17.4. The van der Waals surface area contributed by atoms with Gasteiger partial charge in [0, 0.05) is 37.7 Å². The molecule has 152 valence electrons. The number of carbonyl (C=O) groups is 2. The summed E-state index contributed by atoms with van der Waals surface area (Å²) in [4.78, 5) is 33.5. The van der Waals surface area contributed by atoms with Crippen molar-refractivity contribution in [3.63, 3.8) is 0 Å². The average molecular weight is 410 g/mol. The van der Waals surface area contributed by atoms with Crippen LogP contribution in [-0.4, -0.2) is 43.9 Å². The standard InChI is InChI=1S/C23H27N3O2S/c1-15-11-16(2)14-25(13-15)21-20(19-9-6-10-29-19)22(27)26(23(21)28)18-8-5-7-17(12-18)24(3)4/h5-10,12,15-16H,11,13-14H2,1-4H3. The number of benzene rings is 1. The maximum absolute atomic E-state index is 13.6. The van der Waals surface area contributed by atoms with Crippen molar-refractivity contribution in [3.8, 4) is 0 Å².